The highest BCUT2D eigenvalue weighted by atomic mass is 16.5. The van der Waals surface area contributed by atoms with Crippen LogP contribution < -0.4 is 4.74 Å². The van der Waals surface area contributed by atoms with Crippen molar-refractivity contribution in [3.8, 4) is 17.1 Å². The molecule has 0 aliphatic heterocycles. The minimum absolute atomic E-state index is 0.535. The standard InChI is InChI=1S/C34H48N2O/c1-3-5-7-9-11-13-15-17-30-22-24-32(25-23-30)34-35-26-33(27-36-34)37-28-31-20-18-29(19-21-31)16-14-12-10-8-6-4-2/h18-27H,3-17,28H2,1-2H3. The molecule has 0 unspecified atom stereocenters. The summed E-state index contributed by atoms with van der Waals surface area (Å²) in [4.78, 5) is 9.08. The Bertz CT molecular complexity index is 964. The predicted molar refractivity (Wildman–Crippen MR) is 157 cm³/mol. The largest absolute Gasteiger partial charge is 0.486 e. The van der Waals surface area contributed by atoms with Crippen LogP contribution in [0.15, 0.2) is 60.9 Å². The Morgan fingerprint density at radius 2 is 0.946 bits per heavy atom. The highest BCUT2D eigenvalue weighted by Crippen LogP contribution is 2.20. The van der Waals surface area contributed by atoms with Gasteiger partial charge >= 0.3 is 0 Å². The summed E-state index contributed by atoms with van der Waals surface area (Å²) in [6.45, 7) is 5.08. The van der Waals surface area contributed by atoms with Crippen LogP contribution in [0.3, 0.4) is 0 Å². The number of hydrogen-bond acceptors (Lipinski definition) is 3. The van der Waals surface area contributed by atoms with Gasteiger partial charge in [-0.3, -0.25) is 0 Å². The van der Waals surface area contributed by atoms with E-state index in [4.69, 9.17) is 4.74 Å². The lowest BCUT2D eigenvalue weighted by atomic mass is 10.0. The third-order valence-electron chi connectivity index (χ3n) is 7.16. The van der Waals surface area contributed by atoms with E-state index in [1.807, 2.05) is 0 Å². The molecule has 0 saturated carbocycles. The first-order valence-corrected chi connectivity index (χ1v) is 14.9. The normalized spacial score (nSPS) is 11.1. The lowest BCUT2D eigenvalue weighted by Gasteiger charge is -2.08. The monoisotopic (exact) mass is 500 g/mol. The van der Waals surface area contributed by atoms with Crippen LogP contribution in [-0.4, -0.2) is 9.97 Å². The molecule has 3 nitrogen and oxygen atoms in total. The summed E-state index contributed by atoms with van der Waals surface area (Å²) in [6.07, 6.45) is 23.4. The molecular weight excluding hydrogens is 452 g/mol. The van der Waals surface area contributed by atoms with E-state index in [0.717, 1.165) is 17.8 Å². The van der Waals surface area contributed by atoms with E-state index in [0.29, 0.717) is 12.4 Å². The van der Waals surface area contributed by atoms with Gasteiger partial charge in [0.05, 0.1) is 12.4 Å². The SMILES string of the molecule is CCCCCCCCCc1ccc(-c2ncc(OCc3ccc(CCCCCCCC)cc3)cn2)cc1. The third kappa shape index (κ3) is 11.5. The molecule has 0 spiro atoms. The van der Waals surface area contributed by atoms with Gasteiger partial charge < -0.3 is 4.74 Å². The molecule has 200 valence electrons. The fraction of sp³-hybridized carbons (Fsp3) is 0.529. The number of ether oxygens (including phenoxy) is 1. The van der Waals surface area contributed by atoms with Gasteiger partial charge in [-0.05, 0) is 42.4 Å². The number of benzene rings is 2. The number of hydrogen-bond donors (Lipinski definition) is 0. The number of rotatable bonds is 19. The maximum atomic E-state index is 5.94. The fourth-order valence-electron chi connectivity index (χ4n) is 4.72. The summed E-state index contributed by atoms with van der Waals surface area (Å²) in [6, 6.07) is 17.5. The summed E-state index contributed by atoms with van der Waals surface area (Å²) in [5, 5.41) is 0. The molecule has 3 rings (SSSR count). The van der Waals surface area contributed by atoms with Crippen LogP contribution in [-0.2, 0) is 19.4 Å². The predicted octanol–water partition coefficient (Wildman–Crippen LogP) is 9.92. The lowest BCUT2D eigenvalue weighted by molar-refractivity contribution is 0.303. The summed E-state index contributed by atoms with van der Waals surface area (Å²) < 4.78 is 5.94. The van der Waals surface area contributed by atoms with E-state index in [9.17, 15) is 0 Å². The second-order valence-electron chi connectivity index (χ2n) is 10.4. The molecule has 0 aliphatic rings. The van der Waals surface area contributed by atoms with Gasteiger partial charge in [-0.2, -0.15) is 0 Å². The Balaban J connectivity index is 1.36. The molecule has 0 atom stereocenters. The van der Waals surface area contributed by atoms with Gasteiger partial charge in [-0.25, -0.2) is 9.97 Å². The molecule has 0 radical (unpaired) electrons. The van der Waals surface area contributed by atoms with Crippen molar-refractivity contribution in [1.82, 2.24) is 9.97 Å². The van der Waals surface area contributed by atoms with Crippen molar-refractivity contribution in [3.63, 3.8) is 0 Å². The molecular formula is C34H48N2O. The minimum Gasteiger partial charge on any atom is -0.486 e. The lowest BCUT2D eigenvalue weighted by Crippen LogP contribution is -1.98. The van der Waals surface area contributed by atoms with E-state index >= 15 is 0 Å². The first kappa shape index (κ1) is 28.9. The van der Waals surface area contributed by atoms with Gasteiger partial charge in [0.2, 0.25) is 0 Å². The van der Waals surface area contributed by atoms with Gasteiger partial charge in [0.1, 0.15) is 6.61 Å². The maximum absolute atomic E-state index is 5.94. The highest BCUT2D eigenvalue weighted by molar-refractivity contribution is 5.55. The van der Waals surface area contributed by atoms with Crippen molar-refractivity contribution in [2.75, 3.05) is 0 Å². The smallest absolute Gasteiger partial charge is 0.159 e. The third-order valence-corrected chi connectivity index (χ3v) is 7.16. The molecule has 37 heavy (non-hydrogen) atoms. The Labute approximate surface area is 226 Å². The molecule has 1 heterocycles. The van der Waals surface area contributed by atoms with Crippen LogP contribution in [0, 0.1) is 0 Å². The molecule has 1 aromatic heterocycles. The number of aryl methyl sites for hydroxylation is 2. The van der Waals surface area contributed by atoms with Crippen molar-refractivity contribution in [3.05, 3.63) is 77.6 Å². The summed E-state index contributed by atoms with van der Waals surface area (Å²) in [7, 11) is 0. The zero-order valence-corrected chi connectivity index (χ0v) is 23.4. The molecule has 3 aromatic rings. The zero-order valence-electron chi connectivity index (χ0n) is 23.4. The fourth-order valence-corrected chi connectivity index (χ4v) is 4.72. The molecule has 0 saturated heterocycles. The summed E-state index contributed by atoms with van der Waals surface area (Å²) in [5.41, 5.74) is 5.04. The van der Waals surface area contributed by atoms with Crippen molar-refractivity contribution < 1.29 is 4.74 Å². The first-order valence-electron chi connectivity index (χ1n) is 14.9. The van der Waals surface area contributed by atoms with Gasteiger partial charge in [0.25, 0.3) is 0 Å². The Hall–Kier alpha value is -2.68. The van der Waals surface area contributed by atoms with Crippen LogP contribution >= 0.6 is 0 Å². The maximum Gasteiger partial charge on any atom is 0.159 e. The Morgan fingerprint density at radius 3 is 1.46 bits per heavy atom. The van der Waals surface area contributed by atoms with E-state index in [-0.39, 0.29) is 0 Å². The van der Waals surface area contributed by atoms with Crippen molar-refractivity contribution >= 4 is 0 Å². The Morgan fingerprint density at radius 1 is 0.514 bits per heavy atom. The minimum atomic E-state index is 0.535. The van der Waals surface area contributed by atoms with Crippen molar-refractivity contribution in [2.45, 2.75) is 117 Å². The molecule has 0 N–H and O–H groups in total. The first-order chi connectivity index (χ1) is 18.3. The topological polar surface area (TPSA) is 35.0 Å². The van der Waals surface area contributed by atoms with Gasteiger partial charge in [0, 0.05) is 5.56 Å². The quantitative estimate of drug-likeness (QED) is 0.154. The average Bonchev–Trinajstić information content (AvgIpc) is 2.94. The number of unbranched alkanes of at least 4 members (excludes halogenated alkanes) is 11. The van der Waals surface area contributed by atoms with E-state index in [1.54, 1.807) is 12.4 Å². The molecule has 2 aromatic carbocycles. The van der Waals surface area contributed by atoms with E-state index in [1.165, 1.54) is 107 Å². The Kier molecular flexibility index (Phi) is 13.8. The molecule has 3 heteroatoms. The van der Waals surface area contributed by atoms with Gasteiger partial charge in [-0.1, -0.05) is 133 Å². The van der Waals surface area contributed by atoms with Crippen molar-refractivity contribution in [1.29, 1.82) is 0 Å². The highest BCUT2D eigenvalue weighted by Gasteiger charge is 2.04. The van der Waals surface area contributed by atoms with Crippen LogP contribution in [0.1, 0.15) is 114 Å². The van der Waals surface area contributed by atoms with Crippen LogP contribution in [0.25, 0.3) is 11.4 Å². The van der Waals surface area contributed by atoms with Crippen molar-refractivity contribution in [2.24, 2.45) is 0 Å². The van der Waals surface area contributed by atoms with Gasteiger partial charge in [-0.15, -0.1) is 0 Å². The average molecular weight is 501 g/mol. The molecule has 0 fully saturated rings. The van der Waals surface area contributed by atoms with E-state index in [2.05, 4.69) is 72.3 Å². The number of aromatic nitrogens is 2. The zero-order chi connectivity index (χ0) is 26.0. The second kappa shape index (κ2) is 17.7. The van der Waals surface area contributed by atoms with Crippen LogP contribution in [0.5, 0.6) is 5.75 Å². The summed E-state index contributed by atoms with van der Waals surface area (Å²) in [5.74, 6) is 1.45. The number of nitrogens with zero attached hydrogens (tertiary/aromatic N) is 2. The molecule has 0 bridgehead atoms. The van der Waals surface area contributed by atoms with Gasteiger partial charge in [0.15, 0.2) is 11.6 Å². The molecule has 0 amide bonds. The van der Waals surface area contributed by atoms with Crippen LogP contribution in [0.4, 0.5) is 0 Å². The molecule has 0 aliphatic carbocycles. The van der Waals surface area contributed by atoms with E-state index < -0.39 is 0 Å². The van der Waals surface area contributed by atoms with Crippen LogP contribution in [0.2, 0.25) is 0 Å². The summed E-state index contributed by atoms with van der Waals surface area (Å²) >= 11 is 0. The second-order valence-corrected chi connectivity index (χ2v) is 10.4.